The van der Waals surface area contributed by atoms with Crippen LogP contribution in [-0.2, 0) is 10.2 Å². The second-order valence-corrected chi connectivity index (χ2v) is 8.53. The smallest absolute Gasteiger partial charge is 0.233 e. The lowest BCUT2D eigenvalue weighted by Gasteiger charge is -2.40. The largest absolute Gasteiger partial charge is 0.493 e. The first kappa shape index (κ1) is 18.6. The van der Waals surface area contributed by atoms with Gasteiger partial charge in [-0.15, -0.1) is 0 Å². The van der Waals surface area contributed by atoms with Crippen molar-refractivity contribution in [2.45, 2.75) is 62.4 Å². The van der Waals surface area contributed by atoms with Crippen LogP contribution in [-0.4, -0.2) is 48.8 Å². The van der Waals surface area contributed by atoms with Crippen molar-refractivity contribution in [2.24, 2.45) is 5.92 Å². The Hall–Kier alpha value is -1.75. The van der Waals surface area contributed by atoms with Gasteiger partial charge in [-0.25, -0.2) is 0 Å². The Bertz CT molecular complexity index is 698. The molecule has 5 heteroatoms. The zero-order chi connectivity index (χ0) is 19.1. The van der Waals surface area contributed by atoms with Crippen LogP contribution in [0.3, 0.4) is 0 Å². The highest BCUT2D eigenvalue weighted by Crippen LogP contribution is 2.48. The molecule has 0 spiro atoms. The van der Waals surface area contributed by atoms with Gasteiger partial charge in [0.15, 0.2) is 11.5 Å². The fraction of sp³-hybridized carbons (Fsp3) is 0.682. The quantitative estimate of drug-likeness (QED) is 0.861. The highest BCUT2D eigenvalue weighted by atomic mass is 16.5. The van der Waals surface area contributed by atoms with Crippen molar-refractivity contribution in [2.75, 3.05) is 27.3 Å². The van der Waals surface area contributed by atoms with Gasteiger partial charge in [-0.05, 0) is 62.1 Å². The first-order valence-electron chi connectivity index (χ1n) is 10.3. The summed E-state index contributed by atoms with van der Waals surface area (Å²) in [6, 6.07) is 5.93. The average Bonchev–Trinajstić information content (AvgIpc) is 3.27. The molecule has 1 heterocycles. The lowest BCUT2D eigenvalue weighted by atomic mass is 9.76. The van der Waals surface area contributed by atoms with Crippen LogP contribution < -0.4 is 9.47 Å². The maximum absolute atomic E-state index is 13.6. The van der Waals surface area contributed by atoms with Gasteiger partial charge in [0.1, 0.15) is 0 Å². The van der Waals surface area contributed by atoms with Gasteiger partial charge in [0.25, 0.3) is 0 Å². The van der Waals surface area contributed by atoms with Crippen LogP contribution >= 0.6 is 0 Å². The summed E-state index contributed by atoms with van der Waals surface area (Å²) in [5.41, 5.74) is 0.178. The Kier molecular flexibility index (Phi) is 4.83. The molecule has 2 saturated carbocycles. The van der Waals surface area contributed by atoms with Gasteiger partial charge in [-0.1, -0.05) is 18.9 Å². The predicted octanol–water partition coefficient (Wildman–Crippen LogP) is 3.28. The van der Waals surface area contributed by atoms with Gasteiger partial charge in [0, 0.05) is 13.1 Å². The van der Waals surface area contributed by atoms with E-state index in [1.807, 2.05) is 23.1 Å². The van der Waals surface area contributed by atoms with E-state index in [4.69, 9.17) is 9.47 Å². The Morgan fingerprint density at radius 3 is 2.22 bits per heavy atom. The number of ether oxygens (including phenoxy) is 2. The summed E-state index contributed by atoms with van der Waals surface area (Å²) in [4.78, 5) is 15.7. The van der Waals surface area contributed by atoms with Crippen LogP contribution in [0.15, 0.2) is 18.2 Å². The lowest BCUT2D eigenvalue weighted by Crippen LogP contribution is -2.49. The third-order valence-corrected chi connectivity index (χ3v) is 7.11. The topological polar surface area (TPSA) is 59.0 Å². The maximum Gasteiger partial charge on any atom is 0.233 e. The van der Waals surface area contributed by atoms with Crippen LogP contribution in [0.25, 0.3) is 0 Å². The van der Waals surface area contributed by atoms with E-state index >= 15 is 0 Å². The molecule has 1 N–H and O–H groups in total. The molecule has 3 fully saturated rings. The number of hydrogen-bond acceptors (Lipinski definition) is 4. The summed E-state index contributed by atoms with van der Waals surface area (Å²) in [5.74, 6) is 2.00. The summed E-state index contributed by atoms with van der Waals surface area (Å²) in [7, 11) is 3.27. The molecule has 3 aliphatic rings. The van der Waals surface area contributed by atoms with Crippen LogP contribution in [0.1, 0.15) is 56.9 Å². The van der Waals surface area contributed by atoms with Gasteiger partial charge in [0.2, 0.25) is 5.91 Å². The van der Waals surface area contributed by atoms with Crippen molar-refractivity contribution in [1.29, 1.82) is 0 Å². The minimum atomic E-state index is -0.442. The molecule has 0 radical (unpaired) electrons. The Labute approximate surface area is 161 Å². The van der Waals surface area contributed by atoms with E-state index in [1.165, 1.54) is 0 Å². The molecule has 5 nitrogen and oxygen atoms in total. The molecule has 0 bridgehead atoms. The van der Waals surface area contributed by atoms with Gasteiger partial charge in [0.05, 0.1) is 25.2 Å². The molecule has 1 aromatic carbocycles. The number of amides is 1. The minimum absolute atomic E-state index is 0.258. The number of rotatable bonds is 5. The number of nitrogens with zero attached hydrogens (tertiary/aromatic N) is 1. The zero-order valence-electron chi connectivity index (χ0n) is 16.5. The number of carbonyl (C=O) groups excluding carboxylic acids is 1. The summed E-state index contributed by atoms with van der Waals surface area (Å²) in [6.45, 7) is 1.53. The van der Waals surface area contributed by atoms with Crippen molar-refractivity contribution in [3.05, 3.63) is 23.8 Å². The first-order chi connectivity index (χ1) is 13.0. The number of likely N-dealkylation sites (tertiary alicyclic amines) is 1. The second-order valence-electron chi connectivity index (χ2n) is 8.53. The number of carbonyl (C=O) groups is 1. The summed E-state index contributed by atoms with van der Waals surface area (Å²) >= 11 is 0. The van der Waals surface area contributed by atoms with E-state index in [-0.39, 0.29) is 5.91 Å². The first-order valence-corrected chi connectivity index (χ1v) is 10.3. The lowest BCUT2D eigenvalue weighted by molar-refractivity contribution is -0.139. The zero-order valence-corrected chi connectivity index (χ0v) is 16.5. The molecule has 0 atom stereocenters. The maximum atomic E-state index is 13.6. The van der Waals surface area contributed by atoms with Crippen molar-refractivity contribution >= 4 is 5.91 Å². The van der Waals surface area contributed by atoms with Crippen molar-refractivity contribution in [1.82, 2.24) is 4.90 Å². The normalized spacial score (nSPS) is 23.9. The van der Waals surface area contributed by atoms with Crippen molar-refractivity contribution in [3.8, 4) is 11.5 Å². The van der Waals surface area contributed by atoms with E-state index in [9.17, 15) is 9.90 Å². The van der Waals surface area contributed by atoms with Crippen LogP contribution in [0.4, 0.5) is 0 Å². The fourth-order valence-electron chi connectivity index (χ4n) is 5.20. The van der Waals surface area contributed by atoms with E-state index in [0.717, 1.165) is 70.0 Å². The van der Waals surface area contributed by atoms with Crippen molar-refractivity contribution < 1.29 is 19.4 Å². The van der Waals surface area contributed by atoms with Gasteiger partial charge in [-0.3, -0.25) is 4.79 Å². The molecule has 2 aliphatic carbocycles. The highest BCUT2D eigenvalue weighted by molar-refractivity contribution is 5.89. The third kappa shape index (κ3) is 3.20. The Balaban J connectivity index is 1.56. The molecular formula is C22H31NO4. The highest BCUT2D eigenvalue weighted by Gasteiger charge is 2.50. The van der Waals surface area contributed by atoms with E-state index in [0.29, 0.717) is 17.4 Å². The van der Waals surface area contributed by atoms with Gasteiger partial charge >= 0.3 is 0 Å². The van der Waals surface area contributed by atoms with Gasteiger partial charge in [-0.2, -0.15) is 0 Å². The number of aliphatic hydroxyl groups is 1. The fourth-order valence-corrected chi connectivity index (χ4v) is 5.20. The number of hydrogen-bond donors (Lipinski definition) is 1. The average molecular weight is 373 g/mol. The molecule has 0 unspecified atom stereocenters. The molecule has 4 rings (SSSR count). The minimum Gasteiger partial charge on any atom is -0.493 e. The molecule has 1 aliphatic heterocycles. The van der Waals surface area contributed by atoms with Gasteiger partial charge < -0.3 is 19.5 Å². The predicted molar refractivity (Wildman–Crippen MR) is 103 cm³/mol. The molecule has 1 aromatic rings. The van der Waals surface area contributed by atoms with E-state index in [2.05, 4.69) is 0 Å². The monoisotopic (exact) mass is 373 g/mol. The number of piperidine rings is 1. The van der Waals surface area contributed by atoms with Crippen LogP contribution in [0.5, 0.6) is 11.5 Å². The summed E-state index contributed by atoms with van der Waals surface area (Å²) in [5, 5.41) is 10.4. The van der Waals surface area contributed by atoms with Crippen molar-refractivity contribution in [3.63, 3.8) is 0 Å². The standard InChI is InChI=1S/C22H31NO4/c1-26-18-6-5-17(15-19(18)27-2)21(9-3-4-10-21)20(24)23-13-7-16(8-14-23)22(25)11-12-22/h5-6,15-16,25H,3-4,7-14H2,1-2H3. The molecule has 1 amide bonds. The Morgan fingerprint density at radius 1 is 1.04 bits per heavy atom. The Morgan fingerprint density at radius 2 is 1.67 bits per heavy atom. The van der Waals surface area contributed by atoms with E-state index in [1.54, 1.807) is 14.2 Å². The summed E-state index contributed by atoms with van der Waals surface area (Å²) in [6.07, 6.45) is 7.65. The molecule has 0 aromatic heterocycles. The SMILES string of the molecule is COc1ccc(C2(C(=O)N3CCC(C4(O)CC4)CC3)CCCC2)cc1OC. The van der Waals surface area contributed by atoms with E-state index < -0.39 is 11.0 Å². The van der Waals surface area contributed by atoms with Crippen LogP contribution in [0.2, 0.25) is 0 Å². The molecule has 148 valence electrons. The second kappa shape index (κ2) is 7.01. The molecule has 27 heavy (non-hydrogen) atoms. The molecule has 1 saturated heterocycles. The summed E-state index contributed by atoms with van der Waals surface area (Å²) < 4.78 is 10.9. The number of benzene rings is 1. The number of methoxy groups -OCH3 is 2. The third-order valence-electron chi connectivity index (χ3n) is 7.11. The molecular weight excluding hydrogens is 342 g/mol. The van der Waals surface area contributed by atoms with Crippen LogP contribution in [0, 0.1) is 5.92 Å².